The minimum Gasteiger partial charge on any atom is -0.398 e. The van der Waals surface area contributed by atoms with Crippen molar-refractivity contribution in [1.29, 1.82) is 0 Å². The van der Waals surface area contributed by atoms with Crippen LogP contribution < -0.4 is 5.73 Å². The summed E-state index contributed by atoms with van der Waals surface area (Å²) in [6.07, 6.45) is 1.71. The molecule has 2 aromatic rings. The molecule has 0 aliphatic rings. The van der Waals surface area contributed by atoms with Gasteiger partial charge in [0.2, 0.25) is 0 Å². The molecule has 5 heteroatoms. The Hall–Kier alpha value is -2.40. The normalized spacial score (nSPS) is 10.3. The fraction of sp³-hybridized carbons (Fsp3) is 0.250. The Labute approximate surface area is 124 Å². The number of amides is 1. The summed E-state index contributed by atoms with van der Waals surface area (Å²) in [4.78, 5) is 18.6. The third-order valence-electron chi connectivity index (χ3n) is 3.12. The number of nitrogens with zero attached hydrogens (tertiary/aromatic N) is 2. The fourth-order valence-electron chi connectivity index (χ4n) is 2.00. The Bertz CT molecular complexity index is 587. The number of hydrogen-bond acceptors (Lipinski definition) is 4. The van der Waals surface area contributed by atoms with Gasteiger partial charge in [-0.25, -0.2) is 0 Å². The van der Waals surface area contributed by atoms with E-state index in [1.54, 1.807) is 36.4 Å². The molecule has 0 saturated heterocycles. The van der Waals surface area contributed by atoms with Crippen LogP contribution in [0.3, 0.4) is 0 Å². The zero-order valence-electron chi connectivity index (χ0n) is 12.0. The van der Waals surface area contributed by atoms with E-state index >= 15 is 0 Å². The Balaban J connectivity index is 2.19. The van der Waals surface area contributed by atoms with Gasteiger partial charge in [-0.2, -0.15) is 0 Å². The topological polar surface area (TPSA) is 68.5 Å². The highest BCUT2D eigenvalue weighted by molar-refractivity contribution is 5.99. The predicted molar refractivity (Wildman–Crippen MR) is 81.7 cm³/mol. The molecule has 0 aliphatic heterocycles. The number of pyridine rings is 1. The van der Waals surface area contributed by atoms with Gasteiger partial charge < -0.3 is 15.4 Å². The van der Waals surface area contributed by atoms with Crippen molar-refractivity contribution in [1.82, 2.24) is 9.88 Å². The number of nitrogen functional groups attached to an aromatic ring is 1. The van der Waals surface area contributed by atoms with Crippen LogP contribution in [0, 0.1) is 0 Å². The first-order valence-corrected chi connectivity index (χ1v) is 6.75. The van der Waals surface area contributed by atoms with Gasteiger partial charge in [0.05, 0.1) is 24.4 Å². The van der Waals surface area contributed by atoms with Crippen LogP contribution in [-0.2, 0) is 11.3 Å². The van der Waals surface area contributed by atoms with E-state index in [1.165, 1.54) is 0 Å². The lowest BCUT2D eigenvalue weighted by Gasteiger charge is -2.22. The van der Waals surface area contributed by atoms with Gasteiger partial charge in [-0.15, -0.1) is 0 Å². The molecule has 0 radical (unpaired) electrons. The number of anilines is 1. The zero-order chi connectivity index (χ0) is 15.1. The molecule has 21 heavy (non-hydrogen) atoms. The van der Waals surface area contributed by atoms with E-state index in [0.717, 1.165) is 5.69 Å². The highest BCUT2D eigenvalue weighted by Crippen LogP contribution is 2.15. The van der Waals surface area contributed by atoms with Crippen LogP contribution in [0.5, 0.6) is 0 Å². The van der Waals surface area contributed by atoms with Crippen LogP contribution in [0.25, 0.3) is 0 Å². The van der Waals surface area contributed by atoms with Crippen LogP contribution in [0.1, 0.15) is 16.1 Å². The highest BCUT2D eigenvalue weighted by Gasteiger charge is 2.18. The lowest BCUT2D eigenvalue weighted by Crippen LogP contribution is -2.34. The van der Waals surface area contributed by atoms with Crippen LogP contribution in [0.2, 0.25) is 0 Å². The number of methoxy groups -OCH3 is 1. The van der Waals surface area contributed by atoms with Gasteiger partial charge in [-0.1, -0.05) is 18.2 Å². The van der Waals surface area contributed by atoms with Crippen LogP contribution in [-0.4, -0.2) is 36.1 Å². The van der Waals surface area contributed by atoms with Crippen molar-refractivity contribution in [3.63, 3.8) is 0 Å². The monoisotopic (exact) mass is 285 g/mol. The molecule has 0 atom stereocenters. The number of rotatable bonds is 6. The molecular formula is C16H19N3O2. The summed E-state index contributed by atoms with van der Waals surface area (Å²) < 4.78 is 5.08. The molecular weight excluding hydrogens is 266 g/mol. The summed E-state index contributed by atoms with van der Waals surface area (Å²) in [5, 5.41) is 0. The molecule has 1 amide bonds. The summed E-state index contributed by atoms with van der Waals surface area (Å²) in [6, 6.07) is 12.7. The van der Waals surface area contributed by atoms with Crippen molar-refractivity contribution in [2.75, 3.05) is 26.0 Å². The summed E-state index contributed by atoms with van der Waals surface area (Å²) in [7, 11) is 1.61. The second kappa shape index (κ2) is 7.40. The minimum absolute atomic E-state index is 0.115. The van der Waals surface area contributed by atoms with Crippen LogP contribution >= 0.6 is 0 Å². The molecule has 2 N–H and O–H groups in total. The maximum atomic E-state index is 12.6. The Kier molecular flexibility index (Phi) is 5.29. The lowest BCUT2D eigenvalue weighted by atomic mass is 10.1. The Morgan fingerprint density at radius 2 is 2.00 bits per heavy atom. The number of nitrogens with two attached hydrogens (primary N) is 1. The van der Waals surface area contributed by atoms with Gasteiger partial charge in [0.1, 0.15) is 0 Å². The van der Waals surface area contributed by atoms with Gasteiger partial charge in [0, 0.05) is 25.5 Å². The first-order valence-electron chi connectivity index (χ1n) is 6.75. The molecule has 5 nitrogen and oxygen atoms in total. The quantitative estimate of drug-likeness (QED) is 0.824. The van der Waals surface area contributed by atoms with Crippen LogP contribution in [0.4, 0.5) is 5.69 Å². The standard InChI is InChI=1S/C16H19N3O2/c1-21-11-10-19(12-13-6-4-5-9-18-13)16(20)14-7-2-3-8-15(14)17/h2-9H,10-12,17H2,1H3. The molecule has 2 rings (SSSR count). The summed E-state index contributed by atoms with van der Waals surface area (Å²) in [6.45, 7) is 1.38. The summed E-state index contributed by atoms with van der Waals surface area (Å²) in [5.41, 5.74) is 7.70. The second-order valence-corrected chi connectivity index (χ2v) is 4.63. The third kappa shape index (κ3) is 4.03. The van der Waals surface area contributed by atoms with Gasteiger partial charge in [0.15, 0.2) is 0 Å². The van der Waals surface area contributed by atoms with Crippen molar-refractivity contribution in [3.8, 4) is 0 Å². The molecule has 0 fully saturated rings. The smallest absolute Gasteiger partial charge is 0.256 e. The van der Waals surface area contributed by atoms with E-state index in [-0.39, 0.29) is 5.91 Å². The maximum Gasteiger partial charge on any atom is 0.256 e. The molecule has 110 valence electrons. The Morgan fingerprint density at radius 3 is 2.67 bits per heavy atom. The van der Waals surface area contributed by atoms with Gasteiger partial charge in [0.25, 0.3) is 5.91 Å². The first-order chi connectivity index (χ1) is 10.2. The molecule has 1 aromatic heterocycles. The maximum absolute atomic E-state index is 12.6. The molecule has 1 aromatic carbocycles. The SMILES string of the molecule is COCCN(Cc1ccccn1)C(=O)c1ccccc1N. The third-order valence-corrected chi connectivity index (χ3v) is 3.12. The summed E-state index contributed by atoms with van der Waals surface area (Å²) in [5.74, 6) is -0.115. The number of benzene rings is 1. The number of hydrogen-bond donors (Lipinski definition) is 1. The van der Waals surface area contributed by atoms with E-state index < -0.39 is 0 Å². The van der Waals surface area contributed by atoms with Gasteiger partial charge in [-0.3, -0.25) is 9.78 Å². The number of ether oxygens (including phenoxy) is 1. The van der Waals surface area contributed by atoms with Crippen molar-refractivity contribution in [2.45, 2.75) is 6.54 Å². The van der Waals surface area contributed by atoms with E-state index in [1.807, 2.05) is 24.3 Å². The van der Waals surface area contributed by atoms with Gasteiger partial charge in [-0.05, 0) is 24.3 Å². The molecule has 0 aliphatic carbocycles. The largest absolute Gasteiger partial charge is 0.398 e. The van der Waals surface area contributed by atoms with Crippen molar-refractivity contribution < 1.29 is 9.53 Å². The average Bonchev–Trinajstić information content (AvgIpc) is 2.52. The number of carbonyl (C=O) groups excluding carboxylic acids is 1. The van der Waals surface area contributed by atoms with E-state index in [4.69, 9.17) is 10.5 Å². The van der Waals surface area contributed by atoms with Crippen molar-refractivity contribution in [2.24, 2.45) is 0 Å². The predicted octanol–water partition coefficient (Wildman–Crippen LogP) is 1.95. The first kappa shape index (κ1) is 15.0. The molecule has 0 unspecified atom stereocenters. The molecule has 0 saturated carbocycles. The fourth-order valence-corrected chi connectivity index (χ4v) is 2.00. The molecule has 0 spiro atoms. The van der Waals surface area contributed by atoms with E-state index in [0.29, 0.717) is 30.9 Å². The Morgan fingerprint density at radius 1 is 1.24 bits per heavy atom. The van der Waals surface area contributed by atoms with Crippen molar-refractivity contribution in [3.05, 3.63) is 59.9 Å². The highest BCUT2D eigenvalue weighted by atomic mass is 16.5. The average molecular weight is 285 g/mol. The minimum atomic E-state index is -0.115. The van der Waals surface area contributed by atoms with E-state index in [9.17, 15) is 4.79 Å². The number of aromatic nitrogens is 1. The summed E-state index contributed by atoms with van der Waals surface area (Å²) >= 11 is 0. The molecule has 0 bridgehead atoms. The lowest BCUT2D eigenvalue weighted by molar-refractivity contribution is 0.0679. The van der Waals surface area contributed by atoms with Gasteiger partial charge >= 0.3 is 0 Å². The number of carbonyl (C=O) groups is 1. The van der Waals surface area contributed by atoms with Crippen LogP contribution in [0.15, 0.2) is 48.7 Å². The van der Waals surface area contributed by atoms with E-state index in [2.05, 4.69) is 4.98 Å². The second-order valence-electron chi connectivity index (χ2n) is 4.63. The molecule has 1 heterocycles. The van der Waals surface area contributed by atoms with Crippen molar-refractivity contribution >= 4 is 11.6 Å². The number of para-hydroxylation sites is 1. The zero-order valence-corrected chi connectivity index (χ0v) is 12.0.